The SMILES string of the molecule is CCCc1nnc(SCc2ccc(Br)cc2)n1/N=C\c1cc([N+](=O)[O-])cc(OC)c1O. The molecule has 0 aliphatic heterocycles. The number of methoxy groups -OCH3 is 1. The zero-order valence-corrected chi connectivity index (χ0v) is 19.3. The summed E-state index contributed by atoms with van der Waals surface area (Å²) in [5.74, 6) is 1.10. The Morgan fingerprint density at radius 2 is 2.06 bits per heavy atom. The molecule has 1 heterocycles. The third-order valence-electron chi connectivity index (χ3n) is 4.26. The summed E-state index contributed by atoms with van der Waals surface area (Å²) < 4.78 is 7.64. The largest absolute Gasteiger partial charge is 0.504 e. The van der Waals surface area contributed by atoms with Crippen LogP contribution in [0.15, 0.2) is 51.1 Å². The maximum Gasteiger partial charge on any atom is 0.274 e. The van der Waals surface area contributed by atoms with Crippen LogP contribution in [0.25, 0.3) is 0 Å². The van der Waals surface area contributed by atoms with Crippen molar-refractivity contribution < 1.29 is 14.8 Å². The van der Waals surface area contributed by atoms with E-state index in [1.807, 2.05) is 31.2 Å². The van der Waals surface area contributed by atoms with Crippen LogP contribution in [-0.4, -0.2) is 38.2 Å². The van der Waals surface area contributed by atoms with E-state index in [-0.39, 0.29) is 22.7 Å². The zero-order valence-electron chi connectivity index (χ0n) is 16.9. The summed E-state index contributed by atoms with van der Waals surface area (Å²) in [5, 5.41) is 35.0. The van der Waals surface area contributed by atoms with Crippen molar-refractivity contribution in [3.63, 3.8) is 0 Å². The van der Waals surface area contributed by atoms with Gasteiger partial charge in [0.05, 0.1) is 24.3 Å². The Bertz CT molecular complexity index is 1100. The van der Waals surface area contributed by atoms with E-state index in [4.69, 9.17) is 4.74 Å². The maximum absolute atomic E-state index is 11.2. The van der Waals surface area contributed by atoms with Gasteiger partial charge in [-0.2, -0.15) is 9.78 Å². The number of benzene rings is 2. The molecule has 1 N–H and O–H groups in total. The van der Waals surface area contributed by atoms with E-state index in [1.54, 1.807) is 4.68 Å². The number of phenols is 1. The van der Waals surface area contributed by atoms with Gasteiger partial charge in [0.1, 0.15) is 0 Å². The van der Waals surface area contributed by atoms with E-state index in [9.17, 15) is 15.2 Å². The summed E-state index contributed by atoms with van der Waals surface area (Å²) in [6.07, 6.45) is 2.85. The molecular weight excluding hydrogens is 486 g/mol. The molecule has 9 nitrogen and oxygen atoms in total. The van der Waals surface area contributed by atoms with Gasteiger partial charge in [-0.1, -0.05) is 46.7 Å². The number of non-ortho nitro benzene ring substituents is 1. The van der Waals surface area contributed by atoms with Crippen LogP contribution >= 0.6 is 27.7 Å². The topological polar surface area (TPSA) is 116 Å². The Labute approximate surface area is 191 Å². The Morgan fingerprint density at radius 3 is 2.71 bits per heavy atom. The number of nitro groups is 1. The Balaban J connectivity index is 1.91. The van der Waals surface area contributed by atoms with Crippen molar-refractivity contribution in [2.24, 2.45) is 5.10 Å². The molecule has 0 radical (unpaired) electrons. The number of ether oxygens (including phenoxy) is 1. The normalized spacial score (nSPS) is 11.2. The number of nitrogens with zero attached hydrogens (tertiary/aromatic N) is 5. The number of halogens is 1. The van der Waals surface area contributed by atoms with Crippen LogP contribution in [0.2, 0.25) is 0 Å². The number of aryl methyl sites for hydroxylation is 1. The van der Waals surface area contributed by atoms with E-state index >= 15 is 0 Å². The number of hydrogen-bond acceptors (Lipinski definition) is 8. The van der Waals surface area contributed by atoms with Crippen LogP contribution in [-0.2, 0) is 12.2 Å². The highest BCUT2D eigenvalue weighted by Gasteiger charge is 2.17. The van der Waals surface area contributed by atoms with Gasteiger partial charge >= 0.3 is 0 Å². The van der Waals surface area contributed by atoms with Crippen LogP contribution in [0.5, 0.6) is 11.5 Å². The van der Waals surface area contributed by atoms with E-state index in [2.05, 4.69) is 31.2 Å². The average molecular weight is 506 g/mol. The fourth-order valence-corrected chi connectivity index (χ4v) is 3.83. The minimum Gasteiger partial charge on any atom is -0.504 e. The third-order valence-corrected chi connectivity index (χ3v) is 5.78. The lowest BCUT2D eigenvalue weighted by Crippen LogP contribution is -2.01. The van der Waals surface area contributed by atoms with Gasteiger partial charge in [-0.05, 0) is 24.1 Å². The van der Waals surface area contributed by atoms with Crippen molar-refractivity contribution in [2.45, 2.75) is 30.7 Å². The summed E-state index contributed by atoms with van der Waals surface area (Å²) in [6.45, 7) is 2.02. The molecule has 0 unspecified atom stereocenters. The van der Waals surface area contributed by atoms with Gasteiger partial charge < -0.3 is 9.84 Å². The van der Waals surface area contributed by atoms with Crippen LogP contribution in [0, 0.1) is 10.1 Å². The number of aromatic hydroxyl groups is 1. The lowest BCUT2D eigenvalue weighted by Gasteiger charge is -2.07. The Hall–Kier alpha value is -2.92. The molecule has 0 atom stereocenters. The van der Waals surface area contributed by atoms with Crippen LogP contribution in [0.4, 0.5) is 5.69 Å². The second-order valence-electron chi connectivity index (χ2n) is 6.46. The summed E-state index contributed by atoms with van der Waals surface area (Å²) in [4.78, 5) is 10.6. The highest BCUT2D eigenvalue weighted by Crippen LogP contribution is 2.33. The monoisotopic (exact) mass is 505 g/mol. The van der Waals surface area contributed by atoms with Crippen molar-refractivity contribution >= 4 is 39.6 Å². The summed E-state index contributed by atoms with van der Waals surface area (Å²) in [7, 11) is 1.33. The van der Waals surface area contributed by atoms with Crippen molar-refractivity contribution in [1.29, 1.82) is 0 Å². The second kappa shape index (κ2) is 10.4. The smallest absolute Gasteiger partial charge is 0.274 e. The van der Waals surface area contributed by atoms with Crippen LogP contribution < -0.4 is 4.74 Å². The highest BCUT2D eigenvalue weighted by atomic mass is 79.9. The van der Waals surface area contributed by atoms with E-state index < -0.39 is 4.92 Å². The van der Waals surface area contributed by atoms with Gasteiger partial charge in [0, 0.05) is 28.3 Å². The number of rotatable bonds is 9. The van der Waals surface area contributed by atoms with Gasteiger partial charge in [-0.3, -0.25) is 10.1 Å². The molecular formula is C20H20BrN5O4S. The number of thioether (sulfide) groups is 1. The number of aromatic nitrogens is 3. The molecule has 11 heteroatoms. The first-order valence-electron chi connectivity index (χ1n) is 9.34. The quantitative estimate of drug-likeness (QED) is 0.192. The van der Waals surface area contributed by atoms with Crippen molar-refractivity contribution in [2.75, 3.05) is 7.11 Å². The van der Waals surface area contributed by atoms with E-state index in [0.29, 0.717) is 23.2 Å². The molecule has 2 aromatic carbocycles. The molecule has 0 saturated heterocycles. The summed E-state index contributed by atoms with van der Waals surface area (Å²) in [5.41, 5.74) is 1.06. The molecule has 0 aliphatic rings. The molecule has 0 bridgehead atoms. The average Bonchev–Trinajstić information content (AvgIpc) is 3.14. The van der Waals surface area contributed by atoms with E-state index in [0.717, 1.165) is 22.5 Å². The van der Waals surface area contributed by atoms with Gasteiger partial charge in [0.2, 0.25) is 5.16 Å². The van der Waals surface area contributed by atoms with Crippen molar-refractivity contribution in [3.05, 3.63) is 67.9 Å². The van der Waals surface area contributed by atoms with Crippen LogP contribution in [0.1, 0.15) is 30.3 Å². The van der Waals surface area contributed by atoms with Crippen molar-refractivity contribution in [3.8, 4) is 11.5 Å². The lowest BCUT2D eigenvalue weighted by molar-refractivity contribution is -0.385. The van der Waals surface area contributed by atoms with Gasteiger partial charge in [-0.15, -0.1) is 10.2 Å². The van der Waals surface area contributed by atoms with Crippen LogP contribution in [0.3, 0.4) is 0 Å². The number of nitro benzene ring substituents is 1. The minimum absolute atomic E-state index is 0.00183. The van der Waals surface area contributed by atoms with Gasteiger partial charge in [0.25, 0.3) is 5.69 Å². The number of phenolic OH excluding ortho intramolecular Hbond substituents is 1. The first kappa shape index (κ1) is 22.8. The minimum atomic E-state index is -0.555. The van der Waals surface area contributed by atoms with E-state index in [1.165, 1.54) is 31.2 Å². The van der Waals surface area contributed by atoms with Gasteiger partial charge in [-0.25, -0.2) is 0 Å². The third kappa shape index (κ3) is 5.61. The molecule has 162 valence electrons. The molecule has 31 heavy (non-hydrogen) atoms. The summed E-state index contributed by atoms with van der Waals surface area (Å²) in [6, 6.07) is 10.4. The predicted octanol–water partition coefficient (Wildman–Crippen LogP) is 4.79. The molecule has 0 spiro atoms. The summed E-state index contributed by atoms with van der Waals surface area (Å²) >= 11 is 4.90. The van der Waals surface area contributed by atoms with Crippen molar-refractivity contribution in [1.82, 2.24) is 14.9 Å². The Kier molecular flexibility index (Phi) is 7.64. The highest BCUT2D eigenvalue weighted by molar-refractivity contribution is 9.10. The standard InChI is InChI=1S/C20H20BrN5O4S/c1-3-4-18-23-24-20(31-12-13-5-7-15(21)8-6-13)25(18)22-11-14-9-16(26(28)29)10-17(30-2)19(14)27/h5-11,27H,3-4,12H2,1-2H3/b22-11-. The predicted molar refractivity (Wildman–Crippen MR) is 122 cm³/mol. The molecule has 0 fully saturated rings. The molecule has 3 rings (SSSR count). The molecule has 3 aromatic rings. The zero-order chi connectivity index (χ0) is 22.4. The second-order valence-corrected chi connectivity index (χ2v) is 8.32. The molecule has 0 amide bonds. The first-order valence-corrected chi connectivity index (χ1v) is 11.1. The first-order chi connectivity index (χ1) is 14.9. The molecule has 0 saturated carbocycles. The lowest BCUT2D eigenvalue weighted by atomic mass is 10.2. The van der Waals surface area contributed by atoms with Gasteiger partial charge in [0.15, 0.2) is 17.3 Å². The Morgan fingerprint density at radius 1 is 1.32 bits per heavy atom. The molecule has 0 aliphatic carbocycles. The maximum atomic E-state index is 11.2. The fourth-order valence-electron chi connectivity index (χ4n) is 2.70. The fraction of sp³-hybridized carbons (Fsp3) is 0.250. The number of hydrogen-bond donors (Lipinski definition) is 1. The molecule has 1 aromatic heterocycles.